The lowest BCUT2D eigenvalue weighted by atomic mass is 10.1. The minimum absolute atomic E-state index is 0.156. The van der Waals surface area contributed by atoms with Gasteiger partial charge in [0, 0.05) is 10.4 Å². The first-order chi connectivity index (χ1) is 15.7. The Morgan fingerprint density at radius 2 is 1.85 bits per heavy atom. The molecule has 34 heavy (non-hydrogen) atoms. The molecular weight excluding hydrogens is 520 g/mol. The second-order valence-corrected chi connectivity index (χ2v) is 11.5. The topological polar surface area (TPSA) is 157 Å². The van der Waals surface area contributed by atoms with Crippen LogP contribution in [0.4, 0.5) is 13.2 Å². The van der Waals surface area contributed by atoms with E-state index in [1.807, 2.05) is 4.72 Å². The van der Waals surface area contributed by atoms with Crippen molar-refractivity contribution in [2.45, 2.75) is 10.4 Å². The highest BCUT2D eigenvalue weighted by molar-refractivity contribution is 7.92. The minimum Gasteiger partial charge on any atom is -0.504 e. The summed E-state index contributed by atoms with van der Waals surface area (Å²) in [5, 5.41) is 28.3. The molecule has 0 aliphatic rings. The Hall–Kier alpha value is -3.08. The first-order valence-electron chi connectivity index (χ1n) is 8.97. The van der Waals surface area contributed by atoms with Gasteiger partial charge in [-0.1, -0.05) is 6.07 Å². The molecule has 1 heterocycles. The number of halogens is 3. The van der Waals surface area contributed by atoms with Crippen molar-refractivity contribution >= 4 is 29.0 Å². The summed E-state index contributed by atoms with van der Waals surface area (Å²) in [7, 11) is -9.15. The third kappa shape index (κ3) is 5.69. The molecule has 9 nitrogen and oxygen atoms in total. The van der Waals surface area contributed by atoms with Crippen LogP contribution >= 0.6 is 18.9 Å². The predicted molar refractivity (Wildman–Crippen MR) is 115 cm³/mol. The van der Waals surface area contributed by atoms with Gasteiger partial charge in [-0.2, -0.15) is 23.2 Å². The average molecular weight is 534 g/mol. The number of nitrogens with zero attached hydrogens (tertiary/aromatic N) is 1. The zero-order chi connectivity index (χ0) is 25.3. The molecule has 15 heteroatoms. The van der Waals surface area contributed by atoms with Crippen molar-refractivity contribution in [2.75, 3.05) is 6.29 Å². The molecule has 1 atom stereocenters. The van der Waals surface area contributed by atoms with Gasteiger partial charge in [-0.15, -0.1) is 11.3 Å². The van der Waals surface area contributed by atoms with E-state index in [0.29, 0.717) is 17.4 Å². The molecule has 3 rings (SSSR count). The Labute approximate surface area is 194 Å². The molecule has 0 saturated carbocycles. The normalized spacial score (nSPS) is 13.7. The quantitative estimate of drug-likeness (QED) is 0.259. The largest absolute Gasteiger partial charge is 0.504 e. The van der Waals surface area contributed by atoms with Crippen LogP contribution in [-0.2, 0) is 20.8 Å². The van der Waals surface area contributed by atoms with Crippen LogP contribution in [0.3, 0.4) is 0 Å². The molecule has 0 spiro atoms. The summed E-state index contributed by atoms with van der Waals surface area (Å²) in [6.07, 6.45) is -6.09. The Bertz CT molecular complexity index is 1430. The van der Waals surface area contributed by atoms with Crippen LogP contribution in [-0.4, -0.2) is 29.8 Å². The summed E-state index contributed by atoms with van der Waals surface area (Å²) in [6, 6.07) is 9.95. The number of phenolic OH excluding ortho intramolecular Hbond substituents is 2. The summed E-state index contributed by atoms with van der Waals surface area (Å²) < 4.78 is 82.7. The Balaban J connectivity index is 1.76. The third-order valence-corrected chi connectivity index (χ3v) is 8.53. The molecule has 1 unspecified atom stereocenters. The van der Waals surface area contributed by atoms with Gasteiger partial charge in [0.2, 0.25) is 0 Å². The van der Waals surface area contributed by atoms with Crippen LogP contribution in [0.15, 0.2) is 52.7 Å². The molecule has 0 amide bonds. The van der Waals surface area contributed by atoms with Gasteiger partial charge in [0.25, 0.3) is 10.0 Å². The van der Waals surface area contributed by atoms with E-state index in [0.717, 1.165) is 18.2 Å². The molecule has 0 saturated heterocycles. The van der Waals surface area contributed by atoms with Gasteiger partial charge in [0.1, 0.15) is 16.2 Å². The highest BCUT2D eigenvalue weighted by atomic mass is 32.2. The SMILES string of the molecule is N#Cc1ccc(OP(=O)(O)CNS(=O)(=O)c2ccc(-c3cccc(O)c3O)s2)cc1C(F)(F)F. The van der Waals surface area contributed by atoms with Crippen molar-refractivity contribution in [3.05, 3.63) is 59.7 Å². The fourth-order valence-electron chi connectivity index (χ4n) is 2.69. The third-order valence-electron chi connectivity index (χ3n) is 4.25. The number of phenols is 2. The molecule has 1 aromatic heterocycles. The van der Waals surface area contributed by atoms with Crippen molar-refractivity contribution in [3.8, 4) is 33.8 Å². The first-order valence-corrected chi connectivity index (χ1v) is 13.0. The molecule has 4 N–H and O–H groups in total. The maximum absolute atomic E-state index is 13.1. The molecule has 0 aliphatic carbocycles. The van der Waals surface area contributed by atoms with E-state index in [9.17, 15) is 41.3 Å². The lowest BCUT2D eigenvalue weighted by Gasteiger charge is -2.16. The van der Waals surface area contributed by atoms with E-state index in [1.54, 1.807) is 0 Å². The van der Waals surface area contributed by atoms with E-state index >= 15 is 0 Å². The van der Waals surface area contributed by atoms with Crippen LogP contribution in [0, 0.1) is 11.3 Å². The van der Waals surface area contributed by atoms with Gasteiger partial charge in [0.05, 0.1) is 17.2 Å². The van der Waals surface area contributed by atoms with Gasteiger partial charge in [-0.05, 0) is 42.5 Å². The minimum atomic E-state index is -4.92. The first kappa shape index (κ1) is 25.5. The predicted octanol–water partition coefficient (Wildman–Crippen LogP) is 4.22. The molecule has 0 radical (unpaired) electrons. The molecule has 3 aromatic rings. The van der Waals surface area contributed by atoms with E-state index in [4.69, 9.17) is 5.26 Å². The van der Waals surface area contributed by atoms with E-state index < -0.39 is 58.5 Å². The van der Waals surface area contributed by atoms with Gasteiger partial charge < -0.3 is 19.6 Å². The van der Waals surface area contributed by atoms with E-state index in [-0.39, 0.29) is 14.6 Å². The summed E-state index contributed by atoms with van der Waals surface area (Å²) in [4.78, 5) is 10.2. The number of hydrogen-bond donors (Lipinski definition) is 4. The van der Waals surface area contributed by atoms with Crippen LogP contribution in [0.2, 0.25) is 0 Å². The zero-order valence-corrected chi connectivity index (χ0v) is 19.2. The lowest BCUT2D eigenvalue weighted by Crippen LogP contribution is -2.25. The monoisotopic (exact) mass is 534 g/mol. The van der Waals surface area contributed by atoms with Gasteiger partial charge in [0.15, 0.2) is 11.5 Å². The van der Waals surface area contributed by atoms with Gasteiger partial charge >= 0.3 is 13.8 Å². The highest BCUT2D eigenvalue weighted by Gasteiger charge is 2.35. The van der Waals surface area contributed by atoms with Crippen molar-refractivity contribution < 1.29 is 45.8 Å². The number of rotatable bonds is 7. The van der Waals surface area contributed by atoms with Gasteiger partial charge in [-0.3, -0.25) is 0 Å². The molecule has 2 aromatic carbocycles. The number of hydrogen-bond acceptors (Lipinski definition) is 8. The Morgan fingerprint density at radius 1 is 1.15 bits per heavy atom. The van der Waals surface area contributed by atoms with Crippen LogP contribution < -0.4 is 9.25 Å². The standard InChI is InChI=1S/C19H14F3N2O7PS2/c20-19(21,22)14-8-12(5-4-11(14)9-23)31-32(27,28)10-24-34(29,30)17-7-6-16(33-17)13-2-1-3-15(25)18(13)26/h1-8,24-26H,10H2,(H,27,28). The fourth-order valence-corrected chi connectivity index (χ4v) is 6.56. The van der Waals surface area contributed by atoms with Crippen LogP contribution in [0.25, 0.3) is 10.4 Å². The number of alkyl halides is 3. The second-order valence-electron chi connectivity index (χ2n) is 6.64. The zero-order valence-electron chi connectivity index (χ0n) is 16.6. The summed E-state index contributed by atoms with van der Waals surface area (Å²) in [5.74, 6) is -1.56. The van der Waals surface area contributed by atoms with E-state index in [2.05, 4.69) is 4.52 Å². The fraction of sp³-hybridized carbons (Fsp3) is 0.105. The second kappa shape index (κ2) is 9.28. The average Bonchev–Trinajstić information content (AvgIpc) is 3.25. The van der Waals surface area contributed by atoms with Gasteiger partial charge in [-0.25, -0.2) is 13.0 Å². The number of sulfonamides is 1. The number of nitriles is 1. The van der Waals surface area contributed by atoms with Crippen LogP contribution in [0.1, 0.15) is 11.1 Å². The molecular formula is C19H14F3N2O7PS2. The van der Waals surface area contributed by atoms with Crippen molar-refractivity contribution in [1.29, 1.82) is 5.26 Å². The Kier molecular flexibility index (Phi) is 6.97. The van der Waals surface area contributed by atoms with Crippen molar-refractivity contribution in [1.82, 2.24) is 4.72 Å². The lowest BCUT2D eigenvalue weighted by molar-refractivity contribution is -0.137. The molecule has 0 fully saturated rings. The number of para-hydroxylation sites is 1. The van der Waals surface area contributed by atoms with E-state index in [1.165, 1.54) is 30.3 Å². The highest BCUT2D eigenvalue weighted by Crippen LogP contribution is 2.44. The maximum atomic E-state index is 13.1. The van der Waals surface area contributed by atoms with Crippen LogP contribution in [0.5, 0.6) is 17.2 Å². The summed E-state index contributed by atoms with van der Waals surface area (Å²) >= 11 is 0.690. The molecule has 0 bridgehead atoms. The molecule has 180 valence electrons. The van der Waals surface area contributed by atoms with Crippen molar-refractivity contribution in [3.63, 3.8) is 0 Å². The molecule has 0 aliphatic heterocycles. The number of aromatic hydroxyl groups is 2. The summed E-state index contributed by atoms with van der Waals surface area (Å²) in [5.41, 5.74) is -1.95. The summed E-state index contributed by atoms with van der Waals surface area (Å²) in [6.45, 7) is 0. The smallest absolute Gasteiger partial charge is 0.417 e. The number of benzene rings is 2. The number of nitrogens with one attached hydrogen (secondary N) is 1. The maximum Gasteiger partial charge on any atom is 0.417 e. The number of thiophene rings is 1. The Morgan fingerprint density at radius 3 is 2.50 bits per heavy atom. The van der Waals surface area contributed by atoms with Crippen molar-refractivity contribution in [2.24, 2.45) is 0 Å².